The maximum absolute atomic E-state index is 10.1. The first-order valence-electron chi connectivity index (χ1n) is 16.1. The van der Waals surface area contributed by atoms with Crippen LogP contribution in [0, 0.1) is 0 Å². The highest BCUT2D eigenvalue weighted by Gasteiger charge is 2.04. The van der Waals surface area contributed by atoms with Gasteiger partial charge in [-0.2, -0.15) is 0 Å². The van der Waals surface area contributed by atoms with Crippen molar-refractivity contribution in [2.24, 2.45) is 0 Å². The third kappa shape index (κ3) is 30.0. The van der Waals surface area contributed by atoms with Gasteiger partial charge in [-0.05, 0) is 12.8 Å². The third-order valence-corrected chi connectivity index (χ3v) is 7.34. The second-order valence-electron chi connectivity index (χ2n) is 11.0. The van der Waals surface area contributed by atoms with Gasteiger partial charge in [-0.1, -0.05) is 174 Å². The molecule has 0 spiro atoms. The number of aliphatic hydroxyl groups is 1. The monoisotopic (exact) mass is 483 g/mol. The predicted octanol–water partition coefficient (Wildman–Crippen LogP) is 10.9. The van der Waals surface area contributed by atoms with Gasteiger partial charge in [-0.15, -0.1) is 0 Å². The number of unbranched alkanes of at least 4 members (excludes halogenated alkanes) is 24. The minimum atomic E-state index is -0.255. The zero-order chi connectivity index (χ0) is 24.8. The summed E-state index contributed by atoms with van der Waals surface area (Å²) in [7, 11) is 0. The smallest absolute Gasteiger partial charge is 0.0773 e. The van der Waals surface area contributed by atoms with E-state index in [-0.39, 0.29) is 6.10 Å². The van der Waals surface area contributed by atoms with Gasteiger partial charge in [0.15, 0.2) is 0 Å². The van der Waals surface area contributed by atoms with Gasteiger partial charge in [0.2, 0.25) is 0 Å². The molecule has 0 rings (SSSR count). The number of rotatable bonds is 30. The quantitative estimate of drug-likeness (QED) is 0.103. The van der Waals surface area contributed by atoms with Crippen LogP contribution in [0.15, 0.2) is 0 Å². The molecule has 206 valence electrons. The van der Waals surface area contributed by atoms with Gasteiger partial charge < -0.3 is 9.84 Å². The molecule has 0 amide bonds. The van der Waals surface area contributed by atoms with E-state index in [2.05, 4.69) is 13.8 Å². The van der Waals surface area contributed by atoms with Crippen molar-refractivity contribution in [3.63, 3.8) is 0 Å². The topological polar surface area (TPSA) is 29.5 Å². The lowest BCUT2D eigenvalue weighted by atomic mass is 10.0. The summed E-state index contributed by atoms with van der Waals surface area (Å²) >= 11 is 0. The molecular weight excluding hydrogens is 416 g/mol. The van der Waals surface area contributed by atoms with Gasteiger partial charge in [-0.3, -0.25) is 0 Å². The van der Waals surface area contributed by atoms with Crippen molar-refractivity contribution in [3.05, 3.63) is 0 Å². The van der Waals surface area contributed by atoms with Crippen molar-refractivity contribution in [3.8, 4) is 0 Å². The molecule has 1 unspecified atom stereocenters. The lowest BCUT2D eigenvalue weighted by Crippen LogP contribution is -2.15. The lowest BCUT2D eigenvalue weighted by Gasteiger charge is -2.11. The Hall–Kier alpha value is -0.0800. The Bertz CT molecular complexity index is 344. The first kappa shape index (κ1) is 33.9. The van der Waals surface area contributed by atoms with Gasteiger partial charge in [0.05, 0.1) is 12.7 Å². The van der Waals surface area contributed by atoms with Gasteiger partial charge in [0.1, 0.15) is 0 Å². The lowest BCUT2D eigenvalue weighted by molar-refractivity contribution is 0.0297. The summed E-state index contributed by atoms with van der Waals surface area (Å²) in [6, 6.07) is 0. The van der Waals surface area contributed by atoms with E-state index in [1.807, 2.05) is 0 Å². The highest BCUT2D eigenvalue weighted by Crippen LogP contribution is 2.14. The van der Waals surface area contributed by atoms with Gasteiger partial charge in [0, 0.05) is 6.61 Å². The maximum atomic E-state index is 10.1. The Morgan fingerprint density at radius 3 is 1.06 bits per heavy atom. The van der Waals surface area contributed by atoms with E-state index < -0.39 is 0 Å². The molecule has 0 heterocycles. The van der Waals surface area contributed by atoms with Crippen molar-refractivity contribution in [1.29, 1.82) is 0 Å². The standard InChI is InChI=1S/C32H66O2/c1-3-5-7-9-11-13-15-16-17-18-19-20-22-24-26-28-30-34-31-32(33)29-27-25-23-21-14-12-10-8-6-4-2/h32-33H,3-31H2,1-2H3. The molecule has 0 radical (unpaired) electrons. The molecule has 2 heteroatoms. The molecule has 0 bridgehead atoms. The first-order valence-corrected chi connectivity index (χ1v) is 16.1. The molecule has 0 saturated carbocycles. The van der Waals surface area contributed by atoms with Crippen LogP contribution in [0.2, 0.25) is 0 Å². The van der Waals surface area contributed by atoms with Crippen LogP contribution >= 0.6 is 0 Å². The molecule has 0 aliphatic heterocycles. The predicted molar refractivity (Wildman–Crippen MR) is 153 cm³/mol. The maximum Gasteiger partial charge on any atom is 0.0773 e. The Morgan fingerprint density at radius 1 is 0.412 bits per heavy atom. The summed E-state index contributed by atoms with van der Waals surface area (Å²) in [4.78, 5) is 0. The molecule has 0 aliphatic rings. The van der Waals surface area contributed by atoms with Crippen molar-refractivity contribution >= 4 is 0 Å². The van der Waals surface area contributed by atoms with E-state index in [9.17, 15) is 5.11 Å². The Morgan fingerprint density at radius 2 is 0.706 bits per heavy atom. The highest BCUT2D eigenvalue weighted by molar-refractivity contribution is 4.56. The first-order chi connectivity index (χ1) is 16.8. The zero-order valence-electron chi connectivity index (χ0n) is 23.9. The molecule has 0 aromatic carbocycles. The van der Waals surface area contributed by atoms with Crippen LogP contribution in [0.1, 0.15) is 187 Å². The molecule has 0 aromatic heterocycles. The molecule has 0 aromatic rings. The summed E-state index contributed by atoms with van der Waals surface area (Å²) in [5.41, 5.74) is 0. The van der Waals surface area contributed by atoms with E-state index in [1.165, 1.54) is 154 Å². The van der Waals surface area contributed by atoms with E-state index in [0.29, 0.717) is 6.61 Å². The summed E-state index contributed by atoms with van der Waals surface area (Å²) in [5.74, 6) is 0. The summed E-state index contributed by atoms with van der Waals surface area (Å²) in [5, 5.41) is 10.1. The van der Waals surface area contributed by atoms with Crippen LogP contribution in [0.4, 0.5) is 0 Å². The van der Waals surface area contributed by atoms with Gasteiger partial charge >= 0.3 is 0 Å². The van der Waals surface area contributed by atoms with E-state index >= 15 is 0 Å². The van der Waals surface area contributed by atoms with Crippen molar-refractivity contribution in [2.45, 2.75) is 193 Å². The average Bonchev–Trinajstić information content (AvgIpc) is 2.84. The molecule has 0 saturated heterocycles. The molecular formula is C32H66O2. The van der Waals surface area contributed by atoms with Crippen LogP contribution in [0.3, 0.4) is 0 Å². The third-order valence-electron chi connectivity index (χ3n) is 7.34. The summed E-state index contributed by atoms with van der Waals surface area (Å²) in [6.07, 6.45) is 36.6. The van der Waals surface area contributed by atoms with Crippen LogP contribution < -0.4 is 0 Å². The second-order valence-corrected chi connectivity index (χ2v) is 11.0. The molecule has 1 atom stereocenters. The van der Waals surface area contributed by atoms with Gasteiger partial charge in [0.25, 0.3) is 0 Å². The summed E-state index contributed by atoms with van der Waals surface area (Å²) < 4.78 is 5.71. The van der Waals surface area contributed by atoms with Crippen LogP contribution in [-0.2, 0) is 4.74 Å². The normalized spacial score (nSPS) is 12.4. The Kier molecular flexibility index (Phi) is 30.9. The largest absolute Gasteiger partial charge is 0.391 e. The fraction of sp³-hybridized carbons (Fsp3) is 1.00. The number of ether oxygens (including phenoxy) is 1. The molecule has 1 N–H and O–H groups in total. The SMILES string of the molecule is CCCCCCCCCCCCCCCCCCOCC(O)CCCCCCCCCCCC. The fourth-order valence-electron chi connectivity index (χ4n) is 4.92. The highest BCUT2D eigenvalue weighted by atomic mass is 16.5. The fourth-order valence-corrected chi connectivity index (χ4v) is 4.92. The van der Waals surface area contributed by atoms with E-state index in [0.717, 1.165) is 25.9 Å². The Balaban J connectivity index is 3.12. The number of aliphatic hydroxyl groups excluding tert-OH is 1. The number of hydrogen-bond donors (Lipinski definition) is 1. The average molecular weight is 483 g/mol. The van der Waals surface area contributed by atoms with Crippen LogP contribution in [-0.4, -0.2) is 24.4 Å². The van der Waals surface area contributed by atoms with Crippen LogP contribution in [0.5, 0.6) is 0 Å². The molecule has 2 nitrogen and oxygen atoms in total. The summed E-state index contributed by atoms with van der Waals surface area (Å²) in [6.45, 7) is 5.94. The second kappa shape index (κ2) is 31.0. The van der Waals surface area contributed by atoms with Crippen molar-refractivity contribution < 1.29 is 9.84 Å². The van der Waals surface area contributed by atoms with Crippen molar-refractivity contribution in [2.75, 3.05) is 13.2 Å². The minimum absolute atomic E-state index is 0.255. The minimum Gasteiger partial charge on any atom is -0.391 e. The van der Waals surface area contributed by atoms with E-state index in [4.69, 9.17) is 4.74 Å². The Labute approximate surface area is 216 Å². The number of hydrogen-bond acceptors (Lipinski definition) is 2. The van der Waals surface area contributed by atoms with Crippen LogP contribution in [0.25, 0.3) is 0 Å². The van der Waals surface area contributed by atoms with Gasteiger partial charge in [-0.25, -0.2) is 0 Å². The zero-order valence-corrected chi connectivity index (χ0v) is 23.9. The van der Waals surface area contributed by atoms with E-state index in [1.54, 1.807) is 0 Å². The molecule has 34 heavy (non-hydrogen) atoms. The van der Waals surface area contributed by atoms with Crippen molar-refractivity contribution in [1.82, 2.24) is 0 Å². The molecule has 0 aliphatic carbocycles. The molecule has 0 fully saturated rings.